The van der Waals surface area contributed by atoms with Crippen LogP contribution in [0.3, 0.4) is 0 Å². The molecule has 0 saturated heterocycles. The molecule has 4 nitrogen and oxygen atoms in total. The SMILES string of the molecule is Cc1cc2c(cc1C)[n+](C)cn2CC(O)COc1c(C)cccc1C.[I-]. The number of aliphatic hydroxyl groups excluding tert-OH is 1. The molecule has 0 aliphatic heterocycles. The first-order valence-electron chi connectivity index (χ1n) is 8.69. The van der Waals surface area contributed by atoms with Crippen LogP contribution in [0.4, 0.5) is 0 Å². The molecule has 0 aliphatic rings. The zero-order valence-electron chi connectivity index (χ0n) is 16.1. The van der Waals surface area contributed by atoms with Crippen molar-refractivity contribution >= 4 is 11.0 Å². The number of benzene rings is 2. The Labute approximate surface area is 172 Å². The number of fused-ring (bicyclic) bond motifs is 1. The van der Waals surface area contributed by atoms with Crippen LogP contribution in [-0.4, -0.2) is 22.4 Å². The van der Waals surface area contributed by atoms with Crippen molar-refractivity contribution in [3.63, 3.8) is 0 Å². The minimum absolute atomic E-state index is 0. The van der Waals surface area contributed by atoms with Crippen molar-refractivity contribution in [1.82, 2.24) is 4.57 Å². The summed E-state index contributed by atoms with van der Waals surface area (Å²) in [7, 11) is 2.03. The fourth-order valence-electron chi connectivity index (χ4n) is 3.26. The molecule has 1 N–H and O–H groups in total. The maximum Gasteiger partial charge on any atom is 0.244 e. The number of imidazole rings is 1. The fourth-order valence-corrected chi connectivity index (χ4v) is 3.26. The summed E-state index contributed by atoms with van der Waals surface area (Å²) in [5, 5.41) is 10.5. The Kier molecular flexibility index (Phi) is 6.69. The van der Waals surface area contributed by atoms with E-state index >= 15 is 0 Å². The van der Waals surface area contributed by atoms with Crippen LogP contribution in [0.15, 0.2) is 36.7 Å². The van der Waals surface area contributed by atoms with Crippen LogP contribution in [0.5, 0.6) is 5.75 Å². The Hall–Kier alpha value is -1.60. The highest BCUT2D eigenvalue weighted by Crippen LogP contribution is 2.23. The Morgan fingerprint density at radius 2 is 1.65 bits per heavy atom. The van der Waals surface area contributed by atoms with Crippen LogP contribution in [0.1, 0.15) is 22.3 Å². The van der Waals surface area contributed by atoms with Crippen molar-refractivity contribution in [2.75, 3.05) is 6.61 Å². The highest BCUT2D eigenvalue weighted by molar-refractivity contribution is 5.74. The van der Waals surface area contributed by atoms with Crippen LogP contribution in [0, 0.1) is 27.7 Å². The number of nitrogens with zero attached hydrogens (tertiary/aromatic N) is 2. The summed E-state index contributed by atoms with van der Waals surface area (Å²) >= 11 is 0. The molecule has 1 unspecified atom stereocenters. The number of rotatable bonds is 5. The predicted molar refractivity (Wildman–Crippen MR) is 100 cm³/mol. The van der Waals surface area contributed by atoms with E-state index in [-0.39, 0.29) is 30.6 Å². The van der Waals surface area contributed by atoms with Crippen molar-refractivity contribution in [3.8, 4) is 5.75 Å². The molecule has 3 rings (SSSR count). The zero-order valence-corrected chi connectivity index (χ0v) is 18.2. The Morgan fingerprint density at radius 1 is 1.04 bits per heavy atom. The van der Waals surface area contributed by atoms with E-state index in [2.05, 4.69) is 35.1 Å². The first-order chi connectivity index (χ1) is 11.9. The van der Waals surface area contributed by atoms with Gasteiger partial charge in [0.15, 0.2) is 11.0 Å². The van der Waals surface area contributed by atoms with Gasteiger partial charge >= 0.3 is 0 Å². The second-order valence-corrected chi connectivity index (χ2v) is 6.99. The number of hydrogen-bond acceptors (Lipinski definition) is 2. The third-order valence-electron chi connectivity index (χ3n) is 4.83. The van der Waals surface area contributed by atoms with Crippen LogP contribution >= 0.6 is 0 Å². The van der Waals surface area contributed by atoms with Crippen LogP contribution in [-0.2, 0) is 13.6 Å². The highest BCUT2D eigenvalue weighted by Gasteiger charge is 2.18. The maximum atomic E-state index is 10.5. The molecule has 0 radical (unpaired) electrons. The van der Waals surface area contributed by atoms with Crippen LogP contribution in [0.2, 0.25) is 0 Å². The molecule has 0 amide bonds. The van der Waals surface area contributed by atoms with Gasteiger partial charge in [0, 0.05) is 0 Å². The molecular weight excluding hydrogens is 439 g/mol. The van der Waals surface area contributed by atoms with Gasteiger partial charge < -0.3 is 33.8 Å². The van der Waals surface area contributed by atoms with Gasteiger partial charge in [0.1, 0.15) is 25.0 Å². The average molecular weight is 466 g/mol. The fraction of sp³-hybridized carbons (Fsp3) is 0.381. The van der Waals surface area contributed by atoms with E-state index in [0.717, 1.165) is 22.4 Å². The smallest absolute Gasteiger partial charge is 0.244 e. The van der Waals surface area contributed by atoms with Crippen LogP contribution < -0.4 is 33.3 Å². The molecule has 1 aromatic heterocycles. The van der Waals surface area contributed by atoms with Gasteiger partial charge in [-0.05, 0) is 62.1 Å². The molecule has 3 aromatic rings. The van der Waals surface area contributed by atoms with Crippen molar-refractivity contribution in [2.24, 2.45) is 7.05 Å². The van der Waals surface area contributed by atoms with E-state index in [4.69, 9.17) is 4.74 Å². The van der Waals surface area contributed by atoms with E-state index in [1.807, 2.05) is 45.4 Å². The number of aryl methyl sites for hydroxylation is 5. The molecule has 140 valence electrons. The Bertz CT molecular complexity index is 898. The van der Waals surface area contributed by atoms with Gasteiger partial charge in [-0.15, -0.1) is 0 Å². The van der Waals surface area contributed by atoms with Crippen molar-refractivity contribution in [2.45, 2.75) is 40.3 Å². The number of hydrogen-bond donors (Lipinski definition) is 1. The van der Waals surface area contributed by atoms with Crippen LogP contribution in [0.25, 0.3) is 11.0 Å². The number of para-hydroxylation sites is 1. The first kappa shape index (κ1) is 20.7. The topological polar surface area (TPSA) is 38.3 Å². The number of halogens is 1. The molecule has 26 heavy (non-hydrogen) atoms. The van der Waals surface area contributed by atoms with Crippen molar-refractivity contribution in [1.29, 1.82) is 0 Å². The molecule has 0 spiro atoms. The summed E-state index contributed by atoms with van der Waals surface area (Å²) in [6, 6.07) is 10.5. The number of aromatic nitrogens is 2. The summed E-state index contributed by atoms with van der Waals surface area (Å²) in [6.45, 7) is 9.08. The molecule has 2 aromatic carbocycles. The minimum atomic E-state index is -0.573. The molecule has 0 saturated carbocycles. The molecule has 0 fully saturated rings. The normalized spacial score (nSPS) is 12.1. The molecule has 0 aliphatic carbocycles. The Morgan fingerprint density at radius 3 is 2.31 bits per heavy atom. The van der Waals surface area contributed by atoms with E-state index in [9.17, 15) is 5.11 Å². The molecule has 0 bridgehead atoms. The van der Waals surface area contributed by atoms with Gasteiger partial charge in [-0.1, -0.05) is 18.2 Å². The lowest BCUT2D eigenvalue weighted by atomic mass is 10.1. The third-order valence-corrected chi connectivity index (χ3v) is 4.83. The van der Waals surface area contributed by atoms with Gasteiger partial charge in [0.2, 0.25) is 6.33 Å². The lowest BCUT2D eigenvalue weighted by Gasteiger charge is -2.14. The minimum Gasteiger partial charge on any atom is -1.00 e. The molecular formula is C21H27IN2O2. The maximum absolute atomic E-state index is 10.5. The van der Waals surface area contributed by atoms with Gasteiger partial charge in [0.05, 0.1) is 7.05 Å². The quantitative estimate of drug-likeness (QED) is 0.430. The summed E-state index contributed by atoms with van der Waals surface area (Å²) < 4.78 is 10.1. The van der Waals surface area contributed by atoms with Gasteiger partial charge in [-0.3, -0.25) is 0 Å². The summed E-state index contributed by atoms with van der Waals surface area (Å²) in [5.74, 6) is 0.871. The lowest BCUT2D eigenvalue weighted by molar-refractivity contribution is -0.645. The summed E-state index contributed by atoms with van der Waals surface area (Å²) in [5.41, 5.74) is 7.03. The second kappa shape index (κ2) is 8.39. The van der Waals surface area contributed by atoms with E-state index in [1.165, 1.54) is 16.6 Å². The molecule has 1 atom stereocenters. The monoisotopic (exact) mass is 466 g/mol. The third kappa shape index (κ3) is 4.20. The Balaban J connectivity index is 0.00000243. The van der Waals surface area contributed by atoms with Gasteiger partial charge in [0.25, 0.3) is 0 Å². The first-order valence-corrected chi connectivity index (χ1v) is 8.69. The summed E-state index contributed by atoms with van der Waals surface area (Å²) in [6.07, 6.45) is 1.46. The summed E-state index contributed by atoms with van der Waals surface area (Å²) in [4.78, 5) is 0. The van der Waals surface area contributed by atoms with E-state index in [1.54, 1.807) is 0 Å². The standard InChI is InChI=1S/C21H27N2O2.HI/c1-14-7-6-8-15(2)21(14)25-12-18(24)11-23-13-22(5)19-9-16(3)17(4)10-20(19)23;/h6-10,13,18,24H,11-12H2,1-5H3;1H/q+1;/p-1. The molecule has 1 heterocycles. The van der Waals surface area contributed by atoms with Gasteiger partial charge in [-0.25, -0.2) is 9.13 Å². The van der Waals surface area contributed by atoms with Crippen molar-refractivity contribution in [3.05, 3.63) is 58.9 Å². The predicted octanol–water partition coefficient (Wildman–Crippen LogP) is 0.143. The van der Waals surface area contributed by atoms with E-state index in [0.29, 0.717) is 6.54 Å². The zero-order chi connectivity index (χ0) is 18.1. The van der Waals surface area contributed by atoms with Gasteiger partial charge in [-0.2, -0.15) is 0 Å². The molecule has 5 heteroatoms. The van der Waals surface area contributed by atoms with Crippen molar-refractivity contribution < 1.29 is 38.4 Å². The number of ether oxygens (including phenoxy) is 1. The largest absolute Gasteiger partial charge is 1.00 e. The lowest BCUT2D eigenvalue weighted by Crippen LogP contribution is -3.00. The van der Waals surface area contributed by atoms with E-state index < -0.39 is 6.10 Å². The average Bonchev–Trinajstić information content (AvgIpc) is 2.83. The second-order valence-electron chi connectivity index (χ2n) is 6.99. The number of aliphatic hydroxyl groups is 1. The highest BCUT2D eigenvalue weighted by atomic mass is 127.